The van der Waals surface area contributed by atoms with Gasteiger partial charge >= 0.3 is 0 Å². The summed E-state index contributed by atoms with van der Waals surface area (Å²) in [5, 5.41) is 13.4. The normalized spacial score (nSPS) is 11.6. The summed E-state index contributed by atoms with van der Waals surface area (Å²) in [5.41, 5.74) is 0.510. The number of aromatic nitrogens is 4. The van der Waals surface area contributed by atoms with Crippen LogP contribution in [-0.4, -0.2) is 64.9 Å². The first-order chi connectivity index (χ1) is 11.2. The molecule has 0 saturated heterocycles. The first-order valence-electron chi connectivity index (χ1n) is 8.10. The van der Waals surface area contributed by atoms with Crippen LogP contribution in [0.5, 0.6) is 0 Å². The van der Waals surface area contributed by atoms with Crippen molar-refractivity contribution in [1.82, 2.24) is 19.9 Å². The number of hydrogen-bond donors (Lipinski definition) is 2. The second-order valence-corrected chi connectivity index (χ2v) is 6.76. The van der Waals surface area contributed by atoms with Crippen molar-refractivity contribution < 1.29 is 5.11 Å². The largest absolute Gasteiger partial charge is 0.389 e. The predicted octanol–water partition coefficient (Wildman–Crippen LogP) is 1.51. The fourth-order valence-corrected chi connectivity index (χ4v) is 2.42. The summed E-state index contributed by atoms with van der Waals surface area (Å²) in [6.45, 7) is 6.86. The number of nitrogens with one attached hydrogen (secondary N) is 1. The molecule has 0 aliphatic rings. The van der Waals surface area contributed by atoms with Crippen LogP contribution >= 0.6 is 0 Å². The quantitative estimate of drug-likeness (QED) is 0.788. The number of aliphatic hydroxyl groups is 1. The molecule has 0 aromatic carbocycles. The highest BCUT2D eigenvalue weighted by molar-refractivity contribution is 5.93. The van der Waals surface area contributed by atoms with Crippen LogP contribution in [0.25, 0.3) is 11.0 Å². The Kier molecular flexibility index (Phi) is 5.38. The lowest BCUT2D eigenvalue weighted by molar-refractivity contribution is 0.0885. The van der Waals surface area contributed by atoms with Crippen molar-refractivity contribution in [1.29, 1.82) is 0 Å². The first-order valence-corrected chi connectivity index (χ1v) is 8.10. The maximum Gasteiger partial charge on any atom is 0.227 e. The first kappa shape index (κ1) is 18.1. The number of fused-ring (bicyclic) bond motifs is 1. The lowest BCUT2D eigenvalue weighted by atomic mass is 10.1. The highest BCUT2D eigenvalue weighted by Gasteiger charge is 2.21. The topological polar surface area (TPSA) is 90.3 Å². The number of nitrogens with zero attached hydrogens (tertiary/aromatic N) is 6. The molecule has 0 amide bonds. The van der Waals surface area contributed by atoms with E-state index in [1.807, 2.05) is 30.9 Å². The zero-order valence-electron chi connectivity index (χ0n) is 15.3. The summed E-state index contributed by atoms with van der Waals surface area (Å²) in [6.07, 6.45) is 2.49. The van der Waals surface area contributed by atoms with Gasteiger partial charge in [0.1, 0.15) is 17.4 Å². The molecule has 0 bridgehead atoms. The molecule has 0 aliphatic heterocycles. The van der Waals surface area contributed by atoms with E-state index in [0.29, 0.717) is 35.2 Å². The predicted molar refractivity (Wildman–Crippen MR) is 97.8 cm³/mol. The van der Waals surface area contributed by atoms with E-state index in [9.17, 15) is 5.11 Å². The highest BCUT2D eigenvalue weighted by atomic mass is 16.3. The van der Waals surface area contributed by atoms with Gasteiger partial charge in [-0.25, -0.2) is 15.0 Å². The van der Waals surface area contributed by atoms with Gasteiger partial charge in [-0.2, -0.15) is 4.98 Å². The molecule has 2 aromatic heterocycles. The molecule has 2 rings (SSSR count). The molecule has 8 nitrogen and oxygen atoms in total. The molecule has 8 heteroatoms. The number of anilines is 3. The summed E-state index contributed by atoms with van der Waals surface area (Å²) in [7, 11) is 5.68. The minimum absolute atomic E-state index is 0.429. The molecule has 0 aliphatic carbocycles. The minimum atomic E-state index is -0.841. The smallest absolute Gasteiger partial charge is 0.227 e. The Morgan fingerprint density at radius 2 is 1.83 bits per heavy atom. The van der Waals surface area contributed by atoms with Crippen LogP contribution < -0.4 is 15.1 Å². The van der Waals surface area contributed by atoms with Gasteiger partial charge in [0.25, 0.3) is 0 Å². The lowest BCUT2D eigenvalue weighted by Gasteiger charge is -2.27. The van der Waals surface area contributed by atoms with Crippen molar-refractivity contribution in [2.24, 2.45) is 0 Å². The van der Waals surface area contributed by atoms with E-state index in [0.717, 1.165) is 13.0 Å². The Balaban J connectivity index is 2.58. The SMILES string of the molecule is CCCNc1nc(N(C)C)nc2c(N(C)CC(C)(C)O)ncnc12. The van der Waals surface area contributed by atoms with Crippen LogP contribution in [0.2, 0.25) is 0 Å². The maximum atomic E-state index is 10.1. The summed E-state index contributed by atoms with van der Waals surface area (Å²) < 4.78 is 0. The molecule has 0 atom stereocenters. The number of rotatable bonds is 7. The molecule has 0 fully saturated rings. The van der Waals surface area contributed by atoms with Crippen LogP contribution in [0.15, 0.2) is 6.33 Å². The van der Waals surface area contributed by atoms with Gasteiger partial charge < -0.3 is 20.2 Å². The molecule has 132 valence electrons. The molecule has 0 unspecified atom stereocenters. The Labute approximate surface area is 143 Å². The standard InChI is InChI=1S/C16H27N7O/c1-7-8-17-13-11-12(20-15(21-13)22(4)5)14(19-10-18-11)23(6)9-16(2,3)24/h10,24H,7-9H2,1-6H3,(H,17,20,21). The van der Waals surface area contributed by atoms with E-state index in [-0.39, 0.29) is 0 Å². The van der Waals surface area contributed by atoms with E-state index in [4.69, 9.17) is 0 Å². The molecule has 0 spiro atoms. The van der Waals surface area contributed by atoms with Crippen molar-refractivity contribution in [3.8, 4) is 0 Å². The third kappa shape index (κ3) is 4.19. The Hall–Kier alpha value is -2.22. The van der Waals surface area contributed by atoms with Gasteiger partial charge in [0.05, 0.1) is 5.60 Å². The molecule has 0 saturated carbocycles. The molecular formula is C16H27N7O. The van der Waals surface area contributed by atoms with Crippen molar-refractivity contribution in [3.63, 3.8) is 0 Å². The highest BCUT2D eigenvalue weighted by Crippen LogP contribution is 2.27. The minimum Gasteiger partial charge on any atom is -0.389 e. The summed E-state index contributed by atoms with van der Waals surface area (Å²) in [6, 6.07) is 0. The zero-order chi connectivity index (χ0) is 17.9. The van der Waals surface area contributed by atoms with Crippen LogP contribution in [-0.2, 0) is 0 Å². The van der Waals surface area contributed by atoms with E-state index in [1.54, 1.807) is 13.8 Å². The van der Waals surface area contributed by atoms with Crippen molar-refractivity contribution >= 4 is 28.6 Å². The van der Waals surface area contributed by atoms with Gasteiger partial charge in [0.15, 0.2) is 11.6 Å². The molecule has 0 radical (unpaired) electrons. The number of hydrogen-bond acceptors (Lipinski definition) is 8. The summed E-state index contributed by atoms with van der Waals surface area (Å²) in [4.78, 5) is 21.7. The fraction of sp³-hybridized carbons (Fsp3) is 0.625. The zero-order valence-corrected chi connectivity index (χ0v) is 15.3. The monoisotopic (exact) mass is 333 g/mol. The molecule has 24 heavy (non-hydrogen) atoms. The average molecular weight is 333 g/mol. The third-order valence-electron chi connectivity index (χ3n) is 3.38. The van der Waals surface area contributed by atoms with Crippen molar-refractivity contribution in [2.75, 3.05) is 49.3 Å². The van der Waals surface area contributed by atoms with Gasteiger partial charge in [-0.3, -0.25) is 0 Å². The van der Waals surface area contributed by atoms with Gasteiger partial charge in [0.2, 0.25) is 5.95 Å². The van der Waals surface area contributed by atoms with Crippen molar-refractivity contribution in [3.05, 3.63) is 6.33 Å². The van der Waals surface area contributed by atoms with Gasteiger partial charge in [-0.05, 0) is 20.3 Å². The number of likely N-dealkylation sites (N-methyl/N-ethyl adjacent to an activating group) is 1. The van der Waals surface area contributed by atoms with Crippen LogP contribution in [0, 0.1) is 0 Å². The Morgan fingerprint density at radius 1 is 1.12 bits per heavy atom. The Bertz CT molecular complexity index is 697. The van der Waals surface area contributed by atoms with Gasteiger partial charge in [0, 0.05) is 34.2 Å². The van der Waals surface area contributed by atoms with E-state index in [1.165, 1.54) is 6.33 Å². The second-order valence-electron chi connectivity index (χ2n) is 6.76. The maximum absolute atomic E-state index is 10.1. The molecule has 2 heterocycles. The Morgan fingerprint density at radius 3 is 2.42 bits per heavy atom. The lowest BCUT2D eigenvalue weighted by Crippen LogP contribution is -2.36. The van der Waals surface area contributed by atoms with E-state index in [2.05, 4.69) is 32.2 Å². The van der Waals surface area contributed by atoms with Gasteiger partial charge in [-0.15, -0.1) is 0 Å². The average Bonchev–Trinajstić information content (AvgIpc) is 2.49. The fourth-order valence-electron chi connectivity index (χ4n) is 2.42. The summed E-state index contributed by atoms with van der Waals surface area (Å²) >= 11 is 0. The molecule has 2 aromatic rings. The third-order valence-corrected chi connectivity index (χ3v) is 3.38. The molecule has 2 N–H and O–H groups in total. The van der Waals surface area contributed by atoms with E-state index >= 15 is 0 Å². The van der Waals surface area contributed by atoms with Crippen LogP contribution in [0.4, 0.5) is 17.6 Å². The van der Waals surface area contributed by atoms with Gasteiger partial charge in [-0.1, -0.05) is 6.92 Å². The van der Waals surface area contributed by atoms with Crippen LogP contribution in [0.3, 0.4) is 0 Å². The van der Waals surface area contributed by atoms with Crippen LogP contribution in [0.1, 0.15) is 27.2 Å². The van der Waals surface area contributed by atoms with Crippen molar-refractivity contribution in [2.45, 2.75) is 32.8 Å². The van der Waals surface area contributed by atoms with E-state index < -0.39 is 5.60 Å². The second kappa shape index (κ2) is 7.12. The summed E-state index contributed by atoms with van der Waals surface area (Å²) in [5.74, 6) is 1.96. The molecular weight excluding hydrogens is 306 g/mol.